The summed E-state index contributed by atoms with van der Waals surface area (Å²) in [5.41, 5.74) is 1.79. The number of carbonyl (C=O) groups is 2. The van der Waals surface area contributed by atoms with Gasteiger partial charge in [0.05, 0.1) is 0 Å². The number of ketones is 1. The van der Waals surface area contributed by atoms with E-state index in [0.717, 1.165) is 25.7 Å². The SMILES string of the molecule is C=C1C(=O)O[C@@H]2C(=O)[C@@H](C)CC/C=C(/C)CC[C@@H]12. The highest BCUT2D eigenvalue weighted by Gasteiger charge is 2.43. The van der Waals surface area contributed by atoms with Crippen molar-refractivity contribution in [2.45, 2.75) is 45.6 Å². The first kappa shape index (κ1) is 13.1. The van der Waals surface area contributed by atoms with E-state index in [9.17, 15) is 9.59 Å². The largest absolute Gasteiger partial charge is 0.450 e. The van der Waals surface area contributed by atoms with Crippen molar-refractivity contribution in [3.05, 3.63) is 23.8 Å². The normalized spacial score (nSPS) is 36.7. The number of ether oxygens (including phenoxy) is 1. The molecule has 18 heavy (non-hydrogen) atoms. The van der Waals surface area contributed by atoms with Gasteiger partial charge >= 0.3 is 5.97 Å². The number of rotatable bonds is 0. The average molecular weight is 248 g/mol. The van der Waals surface area contributed by atoms with Gasteiger partial charge in [0.25, 0.3) is 0 Å². The molecule has 0 radical (unpaired) electrons. The summed E-state index contributed by atoms with van der Waals surface area (Å²) in [6, 6.07) is 0. The standard InChI is InChI=1S/C15H20O3/c1-9-5-4-6-10(2)13(16)14-12(8-7-9)11(3)15(17)18-14/h5,10,12,14H,3-4,6-8H2,1-2H3/b9-5-/t10-,12-,14-/m0/s1. The lowest BCUT2D eigenvalue weighted by Crippen LogP contribution is -2.32. The van der Waals surface area contributed by atoms with E-state index in [4.69, 9.17) is 4.74 Å². The van der Waals surface area contributed by atoms with Crippen molar-refractivity contribution in [3.63, 3.8) is 0 Å². The number of esters is 1. The Kier molecular flexibility index (Phi) is 3.69. The van der Waals surface area contributed by atoms with Crippen molar-refractivity contribution in [3.8, 4) is 0 Å². The van der Waals surface area contributed by atoms with Crippen LogP contribution in [0.15, 0.2) is 23.8 Å². The van der Waals surface area contributed by atoms with E-state index >= 15 is 0 Å². The summed E-state index contributed by atoms with van der Waals surface area (Å²) in [6.45, 7) is 7.80. The second-order valence-electron chi connectivity index (χ2n) is 5.43. The van der Waals surface area contributed by atoms with Crippen LogP contribution in [0.4, 0.5) is 0 Å². The molecule has 3 nitrogen and oxygen atoms in total. The van der Waals surface area contributed by atoms with Crippen LogP contribution in [0.3, 0.4) is 0 Å². The van der Waals surface area contributed by atoms with Crippen LogP contribution in [-0.2, 0) is 14.3 Å². The van der Waals surface area contributed by atoms with E-state index in [2.05, 4.69) is 19.6 Å². The number of hydrogen-bond donors (Lipinski definition) is 0. The zero-order chi connectivity index (χ0) is 13.3. The van der Waals surface area contributed by atoms with Crippen LogP contribution >= 0.6 is 0 Å². The van der Waals surface area contributed by atoms with Crippen molar-refractivity contribution < 1.29 is 14.3 Å². The molecular weight excluding hydrogens is 228 g/mol. The maximum absolute atomic E-state index is 12.3. The molecule has 1 aliphatic carbocycles. The fraction of sp³-hybridized carbons (Fsp3) is 0.600. The van der Waals surface area contributed by atoms with E-state index in [-0.39, 0.29) is 17.6 Å². The first-order valence-corrected chi connectivity index (χ1v) is 6.60. The van der Waals surface area contributed by atoms with Gasteiger partial charge in [-0.25, -0.2) is 4.79 Å². The Labute approximate surface area is 108 Å². The van der Waals surface area contributed by atoms with Crippen molar-refractivity contribution in [1.82, 2.24) is 0 Å². The topological polar surface area (TPSA) is 43.4 Å². The molecule has 0 saturated carbocycles. The van der Waals surface area contributed by atoms with E-state index in [1.807, 2.05) is 6.92 Å². The van der Waals surface area contributed by atoms with Crippen molar-refractivity contribution in [2.24, 2.45) is 11.8 Å². The third-order valence-electron chi connectivity index (χ3n) is 4.02. The predicted molar refractivity (Wildman–Crippen MR) is 68.9 cm³/mol. The lowest BCUT2D eigenvalue weighted by atomic mass is 9.83. The Morgan fingerprint density at radius 1 is 1.33 bits per heavy atom. The molecule has 2 rings (SSSR count). The van der Waals surface area contributed by atoms with Crippen LogP contribution in [0.1, 0.15) is 39.5 Å². The van der Waals surface area contributed by atoms with Crippen molar-refractivity contribution in [2.75, 3.05) is 0 Å². The maximum Gasteiger partial charge on any atom is 0.334 e. The Balaban J connectivity index is 2.26. The zero-order valence-corrected chi connectivity index (χ0v) is 11.1. The van der Waals surface area contributed by atoms with Gasteiger partial charge in [0.2, 0.25) is 0 Å². The molecule has 0 aromatic rings. The summed E-state index contributed by atoms with van der Waals surface area (Å²) >= 11 is 0. The minimum absolute atomic E-state index is 0.0555. The van der Waals surface area contributed by atoms with E-state index in [1.165, 1.54) is 5.57 Å². The summed E-state index contributed by atoms with van der Waals surface area (Å²) in [7, 11) is 0. The summed E-state index contributed by atoms with van der Waals surface area (Å²) < 4.78 is 5.22. The molecule has 0 aromatic carbocycles. The Morgan fingerprint density at radius 2 is 2.06 bits per heavy atom. The Bertz CT molecular complexity index is 419. The molecule has 3 heteroatoms. The molecule has 0 spiro atoms. The van der Waals surface area contributed by atoms with Crippen LogP contribution in [-0.4, -0.2) is 17.9 Å². The van der Waals surface area contributed by atoms with Crippen LogP contribution in [0.25, 0.3) is 0 Å². The fourth-order valence-corrected chi connectivity index (χ4v) is 2.68. The summed E-state index contributed by atoms with van der Waals surface area (Å²) in [4.78, 5) is 23.9. The third-order valence-corrected chi connectivity index (χ3v) is 4.02. The maximum atomic E-state index is 12.3. The molecule has 0 N–H and O–H groups in total. The Hall–Kier alpha value is -1.38. The number of Topliss-reactive ketones (excluding diaryl/α,β-unsaturated/α-hetero) is 1. The van der Waals surface area contributed by atoms with Crippen LogP contribution in [0, 0.1) is 11.8 Å². The lowest BCUT2D eigenvalue weighted by molar-refractivity contribution is -0.148. The van der Waals surface area contributed by atoms with Gasteiger partial charge < -0.3 is 4.74 Å². The molecule has 1 saturated heterocycles. The van der Waals surface area contributed by atoms with Gasteiger partial charge in [-0.2, -0.15) is 0 Å². The van der Waals surface area contributed by atoms with Gasteiger partial charge in [0, 0.05) is 17.4 Å². The molecule has 2 aliphatic rings. The van der Waals surface area contributed by atoms with Crippen LogP contribution in [0.5, 0.6) is 0 Å². The molecule has 1 fully saturated rings. The summed E-state index contributed by atoms with van der Waals surface area (Å²) in [5, 5.41) is 0. The molecule has 0 unspecified atom stereocenters. The predicted octanol–water partition coefficient (Wildman–Crippen LogP) is 2.81. The van der Waals surface area contributed by atoms with E-state index in [0.29, 0.717) is 5.57 Å². The second kappa shape index (κ2) is 5.09. The molecule has 0 aromatic heterocycles. The van der Waals surface area contributed by atoms with Gasteiger partial charge in [0.1, 0.15) is 0 Å². The van der Waals surface area contributed by atoms with Crippen molar-refractivity contribution in [1.29, 1.82) is 0 Å². The van der Waals surface area contributed by atoms with E-state index < -0.39 is 12.1 Å². The lowest BCUT2D eigenvalue weighted by Gasteiger charge is -2.21. The highest BCUT2D eigenvalue weighted by Crippen LogP contribution is 2.34. The molecule has 1 heterocycles. The third kappa shape index (κ3) is 2.40. The molecule has 1 aliphatic heterocycles. The molecule has 3 atom stereocenters. The molecule has 0 amide bonds. The quantitative estimate of drug-likeness (QED) is 0.376. The monoisotopic (exact) mass is 248 g/mol. The second-order valence-corrected chi connectivity index (χ2v) is 5.43. The average Bonchev–Trinajstić information content (AvgIpc) is 2.61. The van der Waals surface area contributed by atoms with Gasteiger partial charge in [-0.15, -0.1) is 0 Å². The number of fused-ring (bicyclic) bond motifs is 1. The minimum atomic E-state index is -0.592. The van der Waals surface area contributed by atoms with Gasteiger partial charge in [0.15, 0.2) is 11.9 Å². The van der Waals surface area contributed by atoms with Crippen molar-refractivity contribution >= 4 is 11.8 Å². The number of hydrogen-bond acceptors (Lipinski definition) is 3. The highest BCUT2D eigenvalue weighted by atomic mass is 16.6. The summed E-state index contributed by atoms with van der Waals surface area (Å²) in [6.07, 6.45) is 5.03. The molecule has 98 valence electrons. The fourth-order valence-electron chi connectivity index (χ4n) is 2.68. The zero-order valence-electron chi connectivity index (χ0n) is 11.1. The first-order chi connectivity index (χ1) is 8.50. The number of carbonyl (C=O) groups excluding carboxylic acids is 2. The van der Waals surface area contributed by atoms with Gasteiger partial charge in [-0.05, 0) is 32.6 Å². The molecular formula is C15H20O3. The minimum Gasteiger partial charge on any atom is -0.450 e. The van der Waals surface area contributed by atoms with Gasteiger partial charge in [-0.1, -0.05) is 25.2 Å². The first-order valence-electron chi connectivity index (χ1n) is 6.60. The number of allylic oxidation sites excluding steroid dienone is 2. The van der Waals surface area contributed by atoms with Crippen LogP contribution in [0.2, 0.25) is 0 Å². The van der Waals surface area contributed by atoms with Crippen LogP contribution < -0.4 is 0 Å². The summed E-state index contributed by atoms with van der Waals surface area (Å²) in [5.74, 6) is -0.529. The van der Waals surface area contributed by atoms with Gasteiger partial charge in [-0.3, -0.25) is 4.79 Å². The smallest absolute Gasteiger partial charge is 0.334 e. The highest BCUT2D eigenvalue weighted by molar-refractivity contribution is 5.98. The van der Waals surface area contributed by atoms with E-state index in [1.54, 1.807) is 0 Å². The molecule has 0 bridgehead atoms. The Morgan fingerprint density at radius 3 is 2.78 bits per heavy atom.